The first-order chi connectivity index (χ1) is 41.0. The van der Waals surface area contributed by atoms with E-state index in [1.54, 1.807) is 0 Å². The molecule has 0 aromatic rings. The Balaban J connectivity index is 4.35. The first-order valence-electron chi connectivity index (χ1n) is 34.7. The standard InChI is InChI=1S/C77H128O6/c1-4-7-10-13-16-19-22-24-26-28-30-32-34-36-38-40-42-44-46-48-50-52-55-58-61-64-67-70-76(79)82-73-74(72-81-75(78)69-66-63-60-57-54-21-18-15-12-9-6-3)83-77(80)71-68-65-62-59-56-53-51-49-47-45-43-41-39-37-35-33-31-29-27-25-23-20-17-14-11-8-5-2/h7,10,16,19,23-26,29-32,35-38,42,44,48,50,55,58,74H,4-6,8-9,11-15,17-18,20-22,27-28,33-34,39-41,43,45-47,49,51-54,56-57,59-73H2,1-3H3/b10-7-,19-16-,25-23-,26-24-,31-29-,32-30-,37-35-,38-36-,44-42-,50-48-,58-55-. The van der Waals surface area contributed by atoms with Crippen LogP contribution < -0.4 is 0 Å². The van der Waals surface area contributed by atoms with Crippen molar-refractivity contribution in [3.63, 3.8) is 0 Å². The van der Waals surface area contributed by atoms with Gasteiger partial charge in [0.1, 0.15) is 13.2 Å². The number of esters is 3. The predicted octanol–water partition coefficient (Wildman–Crippen LogP) is 24.1. The summed E-state index contributed by atoms with van der Waals surface area (Å²) in [5.74, 6) is -0.935. The molecule has 0 spiro atoms. The normalized spacial score (nSPS) is 13.0. The quantitative estimate of drug-likeness (QED) is 0.0261. The fourth-order valence-corrected chi connectivity index (χ4v) is 9.47. The van der Waals surface area contributed by atoms with Crippen LogP contribution >= 0.6 is 0 Å². The molecule has 0 rings (SSSR count). The molecule has 0 N–H and O–H groups in total. The van der Waals surface area contributed by atoms with E-state index in [0.717, 1.165) is 122 Å². The molecular weight excluding hydrogens is 1020 g/mol. The highest BCUT2D eigenvalue weighted by Gasteiger charge is 2.19. The van der Waals surface area contributed by atoms with Crippen LogP contribution in [0, 0.1) is 0 Å². The molecule has 0 radical (unpaired) electrons. The fraction of sp³-hybridized carbons (Fsp3) is 0.675. The number of rotatable bonds is 62. The summed E-state index contributed by atoms with van der Waals surface area (Å²) >= 11 is 0. The van der Waals surface area contributed by atoms with Crippen LogP contribution in [-0.2, 0) is 28.6 Å². The lowest BCUT2D eigenvalue weighted by atomic mass is 10.0. The molecule has 0 aromatic carbocycles. The van der Waals surface area contributed by atoms with Crippen molar-refractivity contribution in [2.45, 2.75) is 322 Å². The maximum atomic E-state index is 12.9. The van der Waals surface area contributed by atoms with Crippen LogP contribution in [0.2, 0.25) is 0 Å². The van der Waals surface area contributed by atoms with Crippen molar-refractivity contribution in [3.05, 3.63) is 134 Å². The smallest absolute Gasteiger partial charge is 0.306 e. The van der Waals surface area contributed by atoms with E-state index in [1.807, 2.05) is 0 Å². The fourth-order valence-electron chi connectivity index (χ4n) is 9.47. The second-order valence-electron chi connectivity index (χ2n) is 22.7. The zero-order valence-corrected chi connectivity index (χ0v) is 54.2. The van der Waals surface area contributed by atoms with Gasteiger partial charge in [-0.2, -0.15) is 0 Å². The molecule has 0 fully saturated rings. The molecule has 6 nitrogen and oxygen atoms in total. The number of hydrogen-bond donors (Lipinski definition) is 0. The summed E-state index contributed by atoms with van der Waals surface area (Å²) in [5, 5.41) is 0. The average molecular weight is 1150 g/mol. The Morgan fingerprint density at radius 1 is 0.253 bits per heavy atom. The van der Waals surface area contributed by atoms with Crippen LogP contribution in [0.5, 0.6) is 0 Å². The van der Waals surface area contributed by atoms with Crippen LogP contribution in [0.4, 0.5) is 0 Å². The van der Waals surface area contributed by atoms with Crippen molar-refractivity contribution in [1.29, 1.82) is 0 Å². The molecule has 1 atom stereocenters. The monoisotopic (exact) mass is 1150 g/mol. The Kier molecular flexibility index (Phi) is 66.3. The summed E-state index contributed by atoms with van der Waals surface area (Å²) in [6.07, 6.45) is 99.0. The zero-order chi connectivity index (χ0) is 59.9. The average Bonchev–Trinajstić information content (AvgIpc) is 3.48. The zero-order valence-electron chi connectivity index (χ0n) is 54.2. The Labute approximate surface area is 513 Å². The minimum Gasteiger partial charge on any atom is -0.462 e. The Hall–Kier alpha value is -4.45. The van der Waals surface area contributed by atoms with Gasteiger partial charge in [-0.1, -0.05) is 309 Å². The summed E-state index contributed by atoms with van der Waals surface area (Å²) in [7, 11) is 0. The third-order valence-electron chi connectivity index (χ3n) is 14.6. The third kappa shape index (κ3) is 68.2. The molecule has 0 heterocycles. The summed E-state index contributed by atoms with van der Waals surface area (Å²) in [4.78, 5) is 38.3. The number of hydrogen-bond acceptors (Lipinski definition) is 6. The van der Waals surface area contributed by atoms with E-state index in [9.17, 15) is 14.4 Å². The molecule has 0 aliphatic rings. The summed E-state index contributed by atoms with van der Waals surface area (Å²) < 4.78 is 16.9. The van der Waals surface area contributed by atoms with E-state index in [4.69, 9.17) is 14.2 Å². The number of carbonyl (C=O) groups is 3. The van der Waals surface area contributed by atoms with E-state index < -0.39 is 6.10 Å². The number of ether oxygens (including phenoxy) is 3. The molecule has 0 aliphatic heterocycles. The SMILES string of the molecule is CC/C=C\C/C=C\C/C=C\C/C=C\C/C=C\C/C=C\C/C=C\C/C=C\CCCCC(=O)OCC(COC(=O)CCCCCCCCCCCCC)OC(=O)CCCCCCCCCCCCCC/C=C\C/C=C\C/C=C\CCCCCCC. The lowest BCUT2D eigenvalue weighted by molar-refractivity contribution is -0.167. The second-order valence-corrected chi connectivity index (χ2v) is 22.7. The highest BCUT2D eigenvalue weighted by Crippen LogP contribution is 2.16. The number of allylic oxidation sites excluding steroid dienone is 22. The minimum atomic E-state index is -0.801. The van der Waals surface area contributed by atoms with Gasteiger partial charge in [-0.3, -0.25) is 14.4 Å². The van der Waals surface area contributed by atoms with E-state index in [2.05, 4.69) is 154 Å². The van der Waals surface area contributed by atoms with Gasteiger partial charge >= 0.3 is 17.9 Å². The van der Waals surface area contributed by atoms with Gasteiger partial charge in [0.15, 0.2) is 6.10 Å². The van der Waals surface area contributed by atoms with Crippen molar-refractivity contribution < 1.29 is 28.6 Å². The lowest BCUT2D eigenvalue weighted by Gasteiger charge is -2.18. The highest BCUT2D eigenvalue weighted by atomic mass is 16.6. The lowest BCUT2D eigenvalue weighted by Crippen LogP contribution is -2.30. The van der Waals surface area contributed by atoms with E-state index in [0.29, 0.717) is 19.3 Å². The van der Waals surface area contributed by atoms with Gasteiger partial charge in [0.2, 0.25) is 0 Å². The molecule has 0 saturated heterocycles. The molecule has 6 heteroatoms. The first kappa shape index (κ1) is 78.5. The van der Waals surface area contributed by atoms with Gasteiger partial charge in [0.25, 0.3) is 0 Å². The topological polar surface area (TPSA) is 78.9 Å². The van der Waals surface area contributed by atoms with Gasteiger partial charge in [-0.25, -0.2) is 0 Å². The number of carbonyl (C=O) groups excluding carboxylic acids is 3. The summed E-state index contributed by atoms with van der Waals surface area (Å²) in [6, 6.07) is 0. The maximum absolute atomic E-state index is 12.9. The maximum Gasteiger partial charge on any atom is 0.306 e. The molecule has 0 amide bonds. The number of unbranched alkanes of at least 4 members (excludes halogenated alkanes) is 29. The Morgan fingerprint density at radius 3 is 0.759 bits per heavy atom. The molecule has 472 valence electrons. The molecule has 1 unspecified atom stereocenters. The Morgan fingerprint density at radius 2 is 0.470 bits per heavy atom. The van der Waals surface area contributed by atoms with Crippen LogP contribution in [0.1, 0.15) is 316 Å². The first-order valence-corrected chi connectivity index (χ1v) is 34.7. The van der Waals surface area contributed by atoms with Crippen LogP contribution in [0.3, 0.4) is 0 Å². The molecule has 0 saturated carbocycles. The summed E-state index contributed by atoms with van der Waals surface area (Å²) in [5.41, 5.74) is 0. The van der Waals surface area contributed by atoms with Crippen LogP contribution in [0.15, 0.2) is 134 Å². The molecule has 0 aliphatic carbocycles. The van der Waals surface area contributed by atoms with Crippen molar-refractivity contribution >= 4 is 17.9 Å². The molecule has 0 bridgehead atoms. The van der Waals surface area contributed by atoms with E-state index in [-0.39, 0.29) is 31.1 Å². The van der Waals surface area contributed by atoms with Crippen molar-refractivity contribution in [2.75, 3.05) is 13.2 Å². The van der Waals surface area contributed by atoms with Crippen LogP contribution in [-0.4, -0.2) is 37.2 Å². The van der Waals surface area contributed by atoms with Gasteiger partial charge in [0, 0.05) is 19.3 Å². The Bertz CT molecular complexity index is 1750. The summed E-state index contributed by atoms with van der Waals surface area (Å²) in [6.45, 7) is 6.49. The van der Waals surface area contributed by atoms with Crippen molar-refractivity contribution in [1.82, 2.24) is 0 Å². The highest BCUT2D eigenvalue weighted by molar-refractivity contribution is 5.71. The van der Waals surface area contributed by atoms with Gasteiger partial charge < -0.3 is 14.2 Å². The van der Waals surface area contributed by atoms with E-state index >= 15 is 0 Å². The molecule has 83 heavy (non-hydrogen) atoms. The largest absolute Gasteiger partial charge is 0.462 e. The predicted molar refractivity (Wildman–Crippen MR) is 362 cm³/mol. The second kappa shape index (κ2) is 70.0. The van der Waals surface area contributed by atoms with Gasteiger partial charge in [-0.15, -0.1) is 0 Å². The van der Waals surface area contributed by atoms with Crippen LogP contribution in [0.25, 0.3) is 0 Å². The third-order valence-corrected chi connectivity index (χ3v) is 14.6. The van der Waals surface area contributed by atoms with Gasteiger partial charge in [0.05, 0.1) is 0 Å². The molecule has 0 aromatic heterocycles. The van der Waals surface area contributed by atoms with Crippen molar-refractivity contribution in [2.24, 2.45) is 0 Å². The molecular formula is C77H128O6. The van der Waals surface area contributed by atoms with E-state index in [1.165, 1.54) is 154 Å². The van der Waals surface area contributed by atoms with Crippen molar-refractivity contribution in [3.8, 4) is 0 Å². The minimum absolute atomic E-state index is 0.0934. The van der Waals surface area contributed by atoms with Gasteiger partial charge in [-0.05, 0) is 122 Å².